The number of rotatable bonds is 4. The summed E-state index contributed by atoms with van der Waals surface area (Å²) in [6, 6.07) is 0.211. The largest absolute Gasteiger partial charge is 0.342 e. The maximum Gasteiger partial charge on any atom is 0.305 e. The second-order valence-corrected chi connectivity index (χ2v) is 4.11. The summed E-state index contributed by atoms with van der Waals surface area (Å²) < 4.78 is 26.8. The fraction of sp³-hybridized carbons (Fsp3) is 0.182. The summed E-state index contributed by atoms with van der Waals surface area (Å²) in [4.78, 5) is 25.3. The summed E-state index contributed by atoms with van der Waals surface area (Å²) in [7, 11) is 0. The van der Waals surface area contributed by atoms with Gasteiger partial charge >= 0.3 is 5.69 Å². The molecule has 8 nitrogen and oxygen atoms in total. The highest BCUT2D eigenvalue weighted by Crippen LogP contribution is 2.22. The molecule has 1 amide bonds. The number of hydrogen-bond donors (Lipinski definition) is 2. The summed E-state index contributed by atoms with van der Waals surface area (Å²) in [6.45, 7) is 1.55. The first-order valence-electron chi connectivity index (χ1n) is 5.69. The van der Waals surface area contributed by atoms with Gasteiger partial charge in [-0.2, -0.15) is 9.49 Å². The van der Waals surface area contributed by atoms with Gasteiger partial charge < -0.3 is 5.32 Å². The van der Waals surface area contributed by atoms with Crippen LogP contribution in [0.3, 0.4) is 0 Å². The summed E-state index contributed by atoms with van der Waals surface area (Å²) in [6.07, 6.45) is 1.22. The zero-order valence-electron chi connectivity index (χ0n) is 10.6. The smallest absolute Gasteiger partial charge is 0.305 e. The number of nitrogens with zero attached hydrogens (tertiary/aromatic N) is 3. The Hall–Kier alpha value is -2.91. The fourth-order valence-electron chi connectivity index (χ4n) is 1.62. The molecule has 1 heterocycles. The Balaban J connectivity index is 2.27. The van der Waals surface area contributed by atoms with Crippen LogP contribution < -0.4 is 5.32 Å². The molecular weight excluding hydrogens is 288 g/mol. The number of amides is 1. The molecule has 10 heteroatoms. The molecule has 0 aliphatic heterocycles. The van der Waals surface area contributed by atoms with E-state index < -0.39 is 39.8 Å². The highest BCUT2D eigenvalue weighted by molar-refractivity contribution is 5.95. The molecular formula is C11H9F2N5O3. The number of carbonyl (C=O) groups excluding carboxylic acids is 1. The molecule has 1 atom stereocenters. The molecule has 2 rings (SSSR count). The number of H-pyrrole nitrogens is 1. The van der Waals surface area contributed by atoms with Gasteiger partial charge in [0.25, 0.3) is 5.91 Å². The van der Waals surface area contributed by atoms with E-state index in [1.165, 1.54) is 6.33 Å². The van der Waals surface area contributed by atoms with Crippen molar-refractivity contribution >= 4 is 11.6 Å². The van der Waals surface area contributed by atoms with E-state index in [-0.39, 0.29) is 0 Å². The molecule has 21 heavy (non-hydrogen) atoms. The van der Waals surface area contributed by atoms with Gasteiger partial charge in [-0.15, -0.1) is 0 Å². The van der Waals surface area contributed by atoms with Gasteiger partial charge in [0.15, 0.2) is 0 Å². The van der Waals surface area contributed by atoms with Gasteiger partial charge in [-0.3, -0.25) is 20.0 Å². The van der Waals surface area contributed by atoms with E-state index in [4.69, 9.17) is 0 Å². The number of hydrogen-bond acceptors (Lipinski definition) is 5. The van der Waals surface area contributed by atoms with E-state index in [9.17, 15) is 23.7 Å². The minimum absolute atomic E-state index is 0.298. The molecule has 0 aliphatic carbocycles. The summed E-state index contributed by atoms with van der Waals surface area (Å²) in [5.74, 6) is -3.16. The number of nitrogens with one attached hydrogen (secondary N) is 2. The summed E-state index contributed by atoms with van der Waals surface area (Å²) >= 11 is 0. The normalized spacial score (nSPS) is 12.0. The highest BCUT2D eigenvalue weighted by Gasteiger charge is 2.23. The number of nitro groups is 1. The second kappa shape index (κ2) is 5.61. The van der Waals surface area contributed by atoms with Crippen molar-refractivity contribution in [2.75, 3.05) is 0 Å². The number of aromatic amines is 1. The third kappa shape index (κ3) is 2.99. The van der Waals surface area contributed by atoms with Crippen molar-refractivity contribution in [3.05, 3.63) is 51.6 Å². The standard InChI is InChI=1S/C11H9F2N5O3/c1-5(10-14-4-15-17-10)16-11(19)6-2-9(18(20)21)8(13)3-7(6)12/h2-5H,1H3,(H,16,19)(H,14,15,17). The first-order valence-corrected chi connectivity index (χ1v) is 5.69. The molecule has 0 fully saturated rings. The van der Waals surface area contributed by atoms with E-state index in [1.54, 1.807) is 6.92 Å². The van der Waals surface area contributed by atoms with Gasteiger partial charge in [0.1, 0.15) is 18.0 Å². The van der Waals surface area contributed by atoms with Crippen LogP contribution in [0.15, 0.2) is 18.5 Å². The molecule has 0 spiro atoms. The molecule has 1 unspecified atom stereocenters. The van der Waals surface area contributed by atoms with Gasteiger partial charge in [0.05, 0.1) is 16.5 Å². The molecule has 0 aliphatic rings. The van der Waals surface area contributed by atoms with E-state index in [2.05, 4.69) is 20.5 Å². The Morgan fingerprint density at radius 3 is 2.71 bits per heavy atom. The van der Waals surface area contributed by atoms with Crippen molar-refractivity contribution in [3.8, 4) is 0 Å². The molecule has 0 saturated heterocycles. The van der Waals surface area contributed by atoms with Gasteiger partial charge in [-0.25, -0.2) is 9.37 Å². The average molecular weight is 297 g/mol. The predicted octanol–water partition coefficient (Wildman–Crippen LogP) is 1.48. The lowest BCUT2D eigenvalue weighted by molar-refractivity contribution is -0.387. The molecule has 1 aromatic heterocycles. The monoisotopic (exact) mass is 297 g/mol. The van der Waals surface area contributed by atoms with Crippen LogP contribution in [0.5, 0.6) is 0 Å². The topological polar surface area (TPSA) is 114 Å². The maximum absolute atomic E-state index is 13.6. The summed E-state index contributed by atoms with van der Waals surface area (Å²) in [5, 5.41) is 19.1. The number of benzene rings is 1. The van der Waals surface area contributed by atoms with Crippen LogP contribution >= 0.6 is 0 Å². The van der Waals surface area contributed by atoms with Crippen LogP contribution in [0.2, 0.25) is 0 Å². The minimum Gasteiger partial charge on any atom is -0.342 e. The fourth-order valence-corrected chi connectivity index (χ4v) is 1.62. The Morgan fingerprint density at radius 2 is 2.14 bits per heavy atom. The van der Waals surface area contributed by atoms with Crippen LogP contribution in [-0.4, -0.2) is 26.0 Å². The van der Waals surface area contributed by atoms with Crippen LogP contribution in [0, 0.1) is 21.7 Å². The lowest BCUT2D eigenvalue weighted by Gasteiger charge is -2.11. The lowest BCUT2D eigenvalue weighted by Crippen LogP contribution is -2.28. The molecule has 2 N–H and O–H groups in total. The number of nitro benzene ring substituents is 1. The third-order valence-corrected chi connectivity index (χ3v) is 2.67. The molecule has 1 aromatic carbocycles. The first kappa shape index (κ1) is 14.5. The van der Waals surface area contributed by atoms with E-state index in [0.29, 0.717) is 18.0 Å². The number of carbonyl (C=O) groups is 1. The molecule has 0 saturated carbocycles. The maximum atomic E-state index is 13.6. The minimum atomic E-state index is -1.35. The summed E-state index contributed by atoms with van der Waals surface area (Å²) in [5.41, 5.74) is -1.61. The van der Waals surface area contributed by atoms with Crippen molar-refractivity contribution in [1.29, 1.82) is 0 Å². The van der Waals surface area contributed by atoms with E-state index in [1.807, 2.05) is 0 Å². The Bertz CT molecular complexity index is 689. The van der Waals surface area contributed by atoms with Crippen LogP contribution in [0.1, 0.15) is 29.1 Å². The van der Waals surface area contributed by atoms with Gasteiger partial charge in [-0.1, -0.05) is 0 Å². The Kier molecular flexibility index (Phi) is 3.87. The average Bonchev–Trinajstić information content (AvgIpc) is 2.91. The second-order valence-electron chi connectivity index (χ2n) is 4.11. The SMILES string of the molecule is CC(NC(=O)c1cc([N+](=O)[O-])c(F)cc1F)c1ncn[nH]1. The lowest BCUT2D eigenvalue weighted by atomic mass is 10.1. The zero-order valence-corrected chi connectivity index (χ0v) is 10.6. The third-order valence-electron chi connectivity index (χ3n) is 2.67. The molecule has 2 aromatic rings. The number of aromatic nitrogens is 3. The Morgan fingerprint density at radius 1 is 1.43 bits per heavy atom. The van der Waals surface area contributed by atoms with E-state index in [0.717, 1.165) is 0 Å². The number of halogens is 2. The van der Waals surface area contributed by atoms with Crippen molar-refractivity contribution in [2.45, 2.75) is 13.0 Å². The van der Waals surface area contributed by atoms with Crippen molar-refractivity contribution in [2.24, 2.45) is 0 Å². The van der Waals surface area contributed by atoms with Crippen molar-refractivity contribution in [1.82, 2.24) is 20.5 Å². The quantitative estimate of drug-likeness (QED) is 0.655. The first-order chi connectivity index (χ1) is 9.90. The van der Waals surface area contributed by atoms with Gasteiger partial charge in [0, 0.05) is 12.1 Å². The van der Waals surface area contributed by atoms with Crippen LogP contribution in [0.25, 0.3) is 0 Å². The van der Waals surface area contributed by atoms with Crippen LogP contribution in [0.4, 0.5) is 14.5 Å². The predicted molar refractivity (Wildman–Crippen MR) is 65.3 cm³/mol. The Labute approximate surface area is 116 Å². The highest BCUT2D eigenvalue weighted by atomic mass is 19.1. The van der Waals surface area contributed by atoms with Crippen molar-refractivity contribution in [3.63, 3.8) is 0 Å². The van der Waals surface area contributed by atoms with E-state index >= 15 is 0 Å². The molecule has 0 radical (unpaired) electrons. The van der Waals surface area contributed by atoms with Gasteiger partial charge in [0.2, 0.25) is 5.82 Å². The van der Waals surface area contributed by atoms with Crippen molar-refractivity contribution < 1.29 is 18.5 Å². The molecule has 110 valence electrons. The molecule has 0 bridgehead atoms. The van der Waals surface area contributed by atoms with Crippen LogP contribution in [-0.2, 0) is 0 Å². The van der Waals surface area contributed by atoms with Gasteiger partial charge in [-0.05, 0) is 6.92 Å². The zero-order chi connectivity index (χ0) is 15.6.